The van der Waals surface area contributed by atoms with Crippen LogP contribution < -0.4 is 20.7 Å². The van der Waals surface area contributed by atoms with Crippen LogP contribution in [-0.2, 0) is 4.79 Å². The number of hydrogen-bond acceptors (Lipinski definition) is 4. The molecule has 0 aliphatic carbocycles. The summed E-state index contributed by atoms with van der Waals surface area (Å²) in [6.45, 7) is 4.61. The number of fused-ring (bicyclic) bond motifs is 1. The molecule has 1 aliphatic heterocycles. The lowest BCUT2D eigenvalue weighted by Crippen LogP contribution is -2.34. The van der Waals surface area contributed by atoms with Gasteiger partial charge in [-0.2, -0.15) is 0 Å². The molecule has 104 valence electrons. The summed E-state index contributed by atoms with van der Waals surface area (Å²) in [5, 5.41) is 2.85. The first kappa shape index (κ1) is 13.7. The fourth-order valence-electron chi connectivity index (χ4n) is 1.96. The first-order valence-electron chi connectivity index (χ1n) is 6.55. The molecule has 0 saturated heterocycles. The molecule has 2 unspecified atom stereocenters. The summed E-state index contributed by atoms with van der Waals surface area (Å²) >= 11 is 0. The predicted molar refractivity (Wildman–Crippen MR) is 76.7 cm³/mol. The molecule has 1 heterocycles. The molecule has 19 heavy (non-hydrogen) atoms. The maximum Gasteiger partial charge on any atom is 0.265 e. The van der Waals surface area contributed by atoms with E-state index in [9.17, 15) is 4.79 Å². The van der Waals surface area contributed by atoms with Gasteiger partial charge in [0, 0.05) is 25.3 Å². The third kappa shape index (κ3) is 3.17. The van der Waals surface area contributed by atoms with Crippen LogP contribution in [0.5, 0.6) is 5.75 Å². The summed E-state index contributed by atoms with van der Waals surface area (Å²) in [6, 6.07) is 6.00. The highest BCUT2D eigenvalue weighted by molar-refractivity contribution is 5.98. The molecular weight excluding hydrogens is 242 g/mol. The number of nitrogens with one attached hydrogen (secondary N) is 1. The van der Waals surface area contributed by atoms with Crippen LogP contribution in [0.2, 0.25) is 0 Å². The minimum Gasteiger partial charge on any atom is -0.479 e. The van der Waals surface area contributed by atoms with Crippen molar-refractivity contribution in [1.82, 2.24) is 0 Å². The first-order chi connectivity index (χ1) is 8.97. The molecule has 3 N–H and O–H groups in total. The largest absolute Gasteiger partial charge is 0.479 e. The number of carbonyl (C=O) groups is 1. The molecule has 0 spiro atoms. The van der Waals surface area contributed by atoms with Crippen LogP contribution in [0.3, 0.4) is 0 Å². The van der Waals surface area contributed by atoms with Gasteiger partial charge < -0.3 is 20.7 Å². The van der Waals surface area contributed by atoms with Crippen LogP contribution >= 0.6 is 0 Å². The Bertz CT molecular complexity index is 474. The number of rotatable bonds is 4. The SMILES string of the molecule is CC(N)CCN(C)c1ccc2c(c1)NC(=O)C(C)O2. The molecule has 5 heteroatoms. The van der Waals surface area contributed by atoms with Crippen molar-refractivity contribution < 1.29 is 9.53 Å². The lowest BCUT2D eigenvalue weighted by molar-refractivity contribution is -0.122. The average Bonchev–Trinajstić information content (AvgIpc) is 2.36. The van der Waals surface area contributed by atoms with Crippen molar-refractivity contribution >= 4 is 17.3 Å². The van der Waals surface area contributed by atoms with Gasteiger partial charge in [0.2, 0.25) is 0 Å². The molecule has 0 aromatic heterocycles. The van der Waals surface area contributed by atoms with Gasteiger partial charge in [0.05, 0.1) is 5.69 Å². The van der Waals surface area contributed by atoms with Crippen molar-refractivity contribution in [1.29, 1.82) is 0 Å². The predicted octanol–water partition coefficient (Wildman–Crippen LogP) is 1.58. The molecule has 1 amide bonds. The van der Waals surface area contributed by atoms with E-state index in [0.717, 1.165) is 30.1 Å². The second-order valence-electron chi connectivity index (χ2n) is 5.12. The molecule has 0 bridgehead atoms. The molecule has 1 aliphatic rings. The number of amides is 1. The maximum atomic E-state index is 11.6. The topological polar surface area (TPSA) is 67.6 Å². The lowest BCUT2D eigenvalue weighted by atomic mass is 10.2. The summed E-state index contributed by atoms with van der Waals surface area (Å²) in [5.41, 5.74) is 7.53. The maximum absolute atomic E-state index is 11.6. The number of nitrogens with zero attached hydrogens (tertiary/aromatic N) is 1. The number of ether oxygens (including phenoxy) is 1. The second kappa shape index (κ2) is 5.48. The van der Waals surface area contributed by atoms with E-state index in [0.29, 0.717) is 0 Å². The smallest absolute Gasteiger partial charge is 0.265 e. The number of benzene rings is 1. The number of carbonyl (C=O) groups excluding carboxylic acids is 1. The number of anilines is 2. The van der Waals surface area contributed by atoms with Crippen molar-refractivity contribution in [3.63, 3.8) is 0 Å². The number of hydrogen-bond donors (Lipinski definition) is 2. The van der Waals surface area contributed by atoms with Crippen molar-refractivity contribution in [2.45, 2.75) is 32.4 Å². The van der Waals surface area contributed by atoms with Gasteiger partial charge in [0.1, 0.15) is 5.75 Å². The first-order valence-corrected chi connectivity index (χ1v) is 6.55. The Hall–Kier alpha value is -1.75. The fraction of sp³-hybridized carbons (Fsp3) is 0.500. The summed E-state index contributed by atoms with van der Waals surface area (Å²) in [4.78, 5) is 13.7. The lowest BCUT2D eigenvalue weighted by Gasteiger charge is -2.26. The monoisotopic (exact) mass is 263 g/mol. The van der Waals surface area contributed by atoms with E-state index in [-0.39, 0.29) is 11.9 Å². The molecule has 0 radical (unpaired) electrons. The molecule has 2 atom stereocenters. The van der Waals surface area contributed by atoms with Crippen LogP contribution in [0.25, 0.3) is 0 Å². The van der Waals surface area contributed by atoms with E-state index in [1.54, 1.807) is 6.92 Å². The molecular formula is C14H21N3O2. The Kier molecular flexibility index (Phi) is 3.95. The molecule has 0 fully saturated rings. The summed E-state index contributed by atoms with van der Waals surface area (Å²) < 4.78 is 5.53. The van der Waals surface area contributed by atoms with E-state index in [2.05, 4.69) is 10.2 Å². The zero-order valence-electron chi connectivity index (χ0n) is 11.6. The Balaban J connectivity index is 2.12. The summed E-state index contributed by atoms with van der Waals surface area (Å²) in [6.07, 6.45) is 0.488. The van der Waals surface area contributed by atoms with Gasteiger partial charge in [-0.1, -0.05) is 0 Å². The van der Waals surface area contributed by atoms with E-state index in [1.165, 1.54) is 0 Å². The van der Waals surface area contributed by atoms with E-state index in [1.807, 2.05) is 32.2 Å². The Labute approximate surface area is 113 Å². The van der Waals surface area contributed by atoms with Crippen LogP contribution in [0.4, 0.5) is 11.4 Å². The summed E-state index contributed by atoms with van der Waals surface area (Å²) in [5.74, 6) is 0.610. The molecule has 5 nitrogen and oxygen atoms in total. The van der Waals surface area contributed by atoms with Gasteiger partial charge in [-0.25, -0.2) is 0 Å². The van der Waals surface area contributed by atoms with E-state index < -0.39 is 6.10 Å². The number of nitrogens with two attached hydrogens (primary N) is 1. The Morgan fingerprint density at radius 3 is 2.95 bits per heavy atom. The highest BCUT2D eigenvalue weighted by atomic mass is 16.5. The van der Waals surface area contributed by atoms with Gasteiger partial charge in [-0.05, 0) is 38.5 Å². The highest BCUT2D eigenvalue weighted by Crippen LogP contribution is 2.33. The van der Waals surface area contributed by atoms with E-state index in [4.69, 9.17) is 10.5 Å². The standard InChI is InChI=1S/C14H21N3O2/c1-9(15)6-7-17(3)11-4-5-13-12(8-11)16-14(18)10(2)19-13/h4-5,8-10H,6-7,15H2,1-3H3,(H,16,18). The highest BCUT2D eigenvalue weighted by Gasteiger charge is 2.23. The van der Waals surface area contributed by atoms with Gasteiger partial charge in [-0.15, -0.1) is 0 Å². The van der Waals surface area contributed by atoms with Gasteiger partial charge in [-0.3, -0.25) is 4.79 Å². The third-order valence-electron chi connectivity index (χ3n) is 3.25. The van der Waals surface area contributed by atoms with Crippen molar-refractivity contribution in [2.24, 2.45) is 5.73 Å². The van der Waals surface area contributed by atoms with E-state index >= 15 is 0 Å². The van der Waals surface area contributed by atoms with Crippen molar-refractivity contribution in [3.05, 3.63) is 18.2 Å². The average molecular weight is 263 g/mol. The van der Waals surface area contributed by atoms with Gasteiger partial charge in [0.15, 0.2) is 6.10 Å². The summed E-state index contributed by atoms with van der Waals surface area (Å²) in [7, 11) is 2.01. The quantitative estimate of drug-likeness (QED) is 0.865. The minimum absolute atomic E-state index is 0.108. The molecule has 0 saturated carbocycles. The molecule has 1 aromatic rings. The zero-order valence-corrected chi connectivity index (χ0v) is 11.6. The van der Waals surface area contributed by atoms with Crippen molar-refractivity contribution in [3.8, 4) is 5.75 Å². The van der Waals surface area contributed by atoms with Crippen LogP contribution in [0, 0.1) is 0 Å². The normalized spacial score (nSPS) is 19.2. The zero-order chi connectivity index (χ0) is 14.0. The Morgan fingerprint density at radius 2 is 2.26 bits per heavy atom. The molecule has 1 aromatic carbocycles. The van der Waals surface area contributed by atoms with Crippen LogP contribution in [0.15, 0.2) is 18.2 Å². The fourth-order valence-corrected chi connectivity index (χ4v) is 1.96. The Morgan fingerprint density at radius 1 is 1.53 bits per heavy atom. The second-order valence-corrected chi connectivity index (χ2v) is 5.12. The van der Waals surface area contributed by atoms with Crippen molar-refractivity contribution in [2.75, 3.05) is 23.8 Å². The third-order valence-corrected chi connectivity index (χ3v) is 3.25. The van der Waals surface area contributed by atoms with Crippen LogP contribution in [0.1, 0.15) is 20.3 Å². The minimum atomic E-state index is -0.436. The molecule has 2 rings (SSSR count). The van der Waals surface area contributed by atoms with Crippen LogP contribution in [-0.4, -0.2) is 31.6 Å². The van der Waals surface area contributed by atoms with Gasteiger partial charge >= 0.3 is 0 Å². The van der Waals surface area contributed by atoms with Gasteiger partial charge in [0.25, 0.3) is 5.91 Å².